The summed E-state index contributed by atoms with van der Waals surface area (Å²) in [5.74, 6) is 1.14. The number of fused-ring (bicyclic) bond motifs is 1. The number of hydrogen-bond donors (Lipinski definition) is 2. The summed E-state index contributed by atoms with van der Waals surface area (Å²) < 4.78 is 2.17. The number of nitrogen functional groups attached to an aromatic ring is 1. The number of nitrogens with zero attached hydrogens (tertiary/aromatic N) is 3. The van der Waals surface area contributed by atoms with Crippen LogP contribution in [0.1, 0.15) is 25.3 Å². The molecule has 3 rings (SSSR count). The van der Waals surface area contributed by atoms with Crippen molar-refractivity contribution in [2.24, 2.45) is 0 Å². The number of anilines is 2. The molecule has 0 aliphatic carbocycles. The summed E-state index contributed by atoms with van der Waals surface area (Å²) in [7, 11) is 0. The van der Waals surface area contributed by atoms with Gasteiger partial charge in [-0.1, -0.05) is 13.3 Å². The quantitative estimate of drug-likeness (QED) is 0.685. The van der Waals surface area contributed by atoms with E-state index in [0.29, 0.717) is 5.95 Å². The van der Waals surface area contributed by atoms with Crippen molar-refractivity contribution in [1.29, 1.82) is 0 Å². The van der Waals surface area contributed by atoms with Gasteiger partial charge in [0.15, 0.2) is 5.82 Å². The van der Waals surface area contributed by atoms with Crippen LogP contribution < -0.4 is 11.1 Å². The fourth-order valence-corrected chi connectivity index (χ4v) is 3.00. The molecule has 0 aliphatic rings. The summed E-state index contributed by atoms with van der Waals surface area (Å²) in [5, 5.41) is 7.64. The zero-order chi connectivity index (χ0) is 14.7. The second kappa shape index (κ2) is 6.13. The molecule has 3 heterocycles. The number of aromatic nitrogens is 3. The first-order valence-electron chi connectivity index (χ1n) is 7.15. The largest absolute Gasteiger partial charge is 0.368 e. The van der Waals surface area contributed by atoms with E-state index in [2.05, 4.69) is 43.6 Å². The molecule has 0 saturated carbocycles. The van der Waals surface area contributed by atoms with Gasteiger partial charge < -0.3 is 15.6 Å². The minimum absolute atomic E-state index is 0.315. The molecule has 0 spiro atoms. The van der Waals surface area contributed by atoms with Gasteiger partial charge in [0.1, 0.15) is 5.52 Å². The average molecular weight is 301 g/mol. The van der Waals surface area contributed by atoms with E-state index < -0.39 is 0 Å². The monoisotopic (exact) mass is 301 g/mol. The van der Waals surface area contributed by atoms with Crippen LogP contribution >= 0.6 is 11.3 Å². The van der Waals surface area contributed by atoms with Crippen LogP contribution in [0.25, 0.3) is 11.0 Å². The van der Waals surface area contributed by atoms with E-state index in [0.717, 1.165) is 42.8 Å². The third-order valence-corrected chi connectivity index (χ3v) is 4.12. The van der Waals surface area contributed by atoms with Gasteiger partial charge in [0, 0.05) is 19.3 Å². The maximum atomic E-state index is 5.80. The van der Waals surface area contributed by atoms with E-state index >= 15 is 0 Å². The molecule has 0 radical (unpaired) electrons. The number of unbranched alkanes of at least 4 members (excludes halogenated alkanes) is 1. The van der Waals surface area contributed by atoms with Crippen LogP contribution in [0.2, 0.25) is 0 Å². The zero-order valence-electron chi connectivity index (χ0n) is 12.0. The lowest BCUT2D eigenvalue weighted by atomic mass is 10.3. The van der Waals surface area contributed by atoms with Gasteiger partial charge in [0.25, 0.3) is 0 Å². The Morgan fingerprint density at radius 2 is 2.24 bits per heavy atom. The molecular formula is C15H19N5S. The predicted octanol–water partition coefficient (Wildman–Crippen LogP) is 3.34. The summed E-state index contributed by atoms with van der Waals surface area (Å²) in [6.07, 6.45) is 4.30. The van der Waals surface area contributed by atoms with Crippen LogP contribution in [-0.4, -0.2) is 21.1 Å². The molecule has 3 N–H and O–H groups in total. The molecule has 0 atom stereocenters. The summed E-state index contributed by atoms with van der Waals surface area (Å²) in [4.78, 5) is 8.70. The van der Waals surface area contributed by atoms with Crippen LogP contribution in [-0.2, 0) is 6.54 Å². The molecule has 0 saturated heterocycles. The first-order chi connectivity index (χ1) is 10.3. The van der Waals surface area contributed by atoms with Gasteiger partial charge in [-0.25, -0.2) is 4.98 Å². The van der Waals surface area contributed by atoms with Crippen molar-refractivity contribution in [2.45, 2.75) is 26.3 Å². The van der Waals surface area contributed by atoms with Gasteiger partial charge in [0.05, 0.1) is 5.52 Å². The van der Waals surface area contributed by atoms with E-state index in [4.69, 9.17) is 5.73 Å². The SMILES string of the molecule is CCCCNc1nc(N)nc2ccn(Cc3ccsc3)c12. The highest BCUT2D eigenvalue weighted by molar-refractivity contribution is 7.07. The van der Waals surface area contributed by atoms with Gasteiger partial charge in [-0.05, 0) is 34.9 Å². The number of thiophene rings is 1. The Morgan fingerprint density at radius 1 is 1.33 bits per heavy atom. The average Bonchev–Trinajstić information content (AvgIpc) is 3.10. The molecule has 3 aromatic heterocycles. The van der Waals surface area contributed by atoms with Crippen molar-refractivity contribution < 1.29 is 0 Å². The third kappa shape index (κ3) is 3.00. The van der Waals surface area contributed by atoms with Gasteiger partial charge >= 0.3 is 0 Å². The highest BCUT2D eigenvalue weighted by Gasteiger charge is 2.11. The molecule has 0 fully saturated rings. The van der Waals surface area contributed by atoms with Crippen molar-refractivity contribution in [2.75, 3.05) is 17.6 Å². The van der Waals surface area contributed by atoms with Gasteiger partial charge in [-0.15, -0.1) is 0 Å². The topological polar surface area (TPSA) is 68.8 Å². The van der Waals surface area contributed by atoms with Gasteiger partial charge in [-0.2, -0.15) is 16.3 Å². The second-order valence-electron chi connectivity index (χ2n) is 5.02. The first kappa shape index (κ1) is 13.9. The van der Waals surface area contributed by atoms with Gasteiger partial charge in [-0.3, -0.25) is 0 Å². The normalized spacial score (nSPS) is 11.1. The number of rotatable bonds is 6. The predicted molar refractivity (Wildman–Crippen MR) is 88.8 cm³/mol. The highest BCUT2D eigenvalue weighted by atomic mass is 32.1. The standard InChI is InChI=1S/C15H19N5S/c1-2-3-6-17-14-13-12(18-15(16)19-14)4-7-20(13)9-11-5-8-21-10-11/h4-5,7-8,10H,2-3,6,9H2,1H3,(H3,16,17,18,19). The van der Waals surface area contributed by atoms with Gasteiger partial charge in [0.2, 0.25) is 5.95 Å². The Balaban J connectivity index is 1.97. The molecule has 6 heteroatoms. The Morgan fingerprint density at radius 3 is 3.00 bits per heavy atom. The summed E-state index contributed by atoms with van der Waals surface area (Å²) >= 11 is 1.71. The molecule has 0 aliphatic heterocycles. The Kier molecular flexibility index (Phi) is 4.06. The summed E-state index contributed by atoms with van der Waals surface area (Å²) in [6, 6.07) is 4.13. The van der Waals surface area contributed by atoms with Crippen molar-refractivity contribution in [3.8, 4) is 0 Å². The fraction of sp³-hybridized carbons (Fsp3) is 0.333. The molecule has 0 amide bonds. The maximum Gasteiger partial charge on any atom is 0.222 e. The number of hydrogen-bond acceptors (Lipinski definition) is 5. The number of nitrogens with two attached hydrogens (primary N) is 1. The van der Waals surface area contributed by atoms with Crippen molar-refractivity contribution in [3.63, 3.8) is 0 Å². The maximum absolute atomic E-state index is 5.80. The molecule has 3 aromatic rings. The Hall–Kier alpha value is -2.08. The minimum atomic E-state index is 0.315. The molecule has 0 unspecified atom stereocenters. The van der Waals surface area contributed by atoms with Crippen molar-refractivity contribution in [3.05, 3.63) is 34.7 Å². The smallest absolute Gasteiger partial charge is 0.222 e. The second-order valence-corrected chi connectivity index (χ2v) is 5.80. The lowest BCUT2D eigenvalue weighted by molar-refractivity contribution is 0.821. The molecular weight excluding hydrogens is 282 g/mol. The number of nitrogens with one attached hydrogen (secondary N) is 1. The van der Waals surface area contributed by atoms with Crippen LogP contribution in [0.4, 0.5) is 11.8 Å². The Labute approximate surface area is 127 Å². The van der Waals surface area contributed by atoms with Crippen molar-refractivity contribution >= 4 is 34.1 Å². The van der Waals surface area contributed by atoms with Crippen LogP contribution in [0.3, 0.4) is 0 Å². The van der Waals surface area contributed by atoms with Crippen LogP contribution in [0.15, 0.2) is 29.1 Å². The highest BCUT2D eigenvalue weighted by Crippen LogP contribution is 2.24. The molecule has 21 heavy (non-hydrogen) atoms. The van der Waals surface area contributed by atoms with E-state index in [9.17, 15) is 0 Å². The molecule has 0 bridgehead atoms. The zero-order valence-corrected chi connectivity index (χ0v) is 12.9. The van der Waals surface area contributed by atoms with E-state index in [-0.39, 0.29) is 0 Å². The summed E-state index contributed by atoms with van der Waals surface area (Å²) in [5.41, 5.74) is 9.00. The summed E-state index contributed by atoms with van der Waals surface area (Å²) in [6.45, 7) is 3.89. The Bertz CT molecular complexity index is 717. The lowest BCUT2D eigenvalue weighted by Crippen LogP contribution is -2.08. The van der Waals surface area contributed by atoms with E-state index in [1.165, 1.54) is 5.56 Å². The van der Waals surface area contributed by atoms with E-state index in [1.807, 2.05) is 12.3 Å². The first-order valence-corrected chi connectivity index (χ1v) is 8.09. The molecule has 0 aromatic carbocycles. The minimum Gasteiger partial charge on any atom is -0.368 e. The molecule has 5 nitrogen and oxygen atoms in total. The van der Waals surface area contributed by atoms with E-state index in [1.54, 1.807) is 11.3 Å². The lowest BCUT2D eigenvalue weighted by Gasteiger charge is -2.10. The van der Waals surface area contributed by atoms with Crippen LogP contribution in [0.5, 0.6) is 0 Å². The molecule has 110 valence electrons. The van der Waals surface area contributed by atoms with Crippen molar-refractivity contribution in [1.82, 2.24) is 14.5 Å². The van der Waals surface area contributed by atoms with Crippen LogP contribution in [0, 0.1) is 0 Å². The third-order valence-electron chi connectivity index (χ3n) is 3.38. The fourth-order valence-electron chi connectivity index (χ4n) is 2.34.